The van der Waals surface area contributed by atoms with Gasteiger partial charge in [-0.15, -0.1) is 0 Å². The number of carboxylic acids is 1. The number of halogens is 4. The Balaban J connectivity index is 0.000000396. The molecule has 182 valence electrons. The van der Waals surface area contributed by atoms with Gasteiger partial charge in [0.1, 0.15) is 5.75 Å². The van der Waals surface area contributed by atoms with Crippen LogP contribution in [0.2, 0.25) is 0 Å². The highest BCUT2D eigenvalue weighted by molar-refractivity contribution is 14.1. The number of nitrogens with two attached hydrogens (primary N) is 1. The Morgan fingerprint density at radius 1 is 1.16 bits per heavy atom. The van der Waals surface area contributed by atoms with Gasteiger partial charge in [-0.3, -0.25) is 4.79 Å². The molecule has 0 saturated carbocycles. The molecule has 0 radical (unpaired) electrons. The predicted octanol–water partition coefficient (Wildman–Crippen LogP) is 6.13. The normalized spacial score (nSPS) is 18.2. The third-order valence-electron chi connectivity index (χ3n) is 5.19. The van der Waals surface area contributed by atoms with Crippen molar-refractivity contribution in [1.29, 1.82) is 0 Å². The van der Waals surface area contributed by atoms with Crippen LogP contribution in [0.25, 0.3) is 0 Å². The Kier molecular flexibility index (Phi) is 12.4. The van der Waals surface area contributed by atoms with E-state index in [4.69, 9.17) is 5.73 Å². The SMILES string of the molecule is CCCCCCCCCCN.O=C(O)C1(I)C=CCN(c2cc(C(F)(F)F)ccc2O)C1. The Bertz CT molecular complexity index is 736. The van der Waals surface area contributed by atoms with E-state index in [1.807, 2.05) is 0 Å². The first-order valence-electron chi connectivity index (χ1n) is 11.0. The number of carboxylic acid groups (broad SMARTS) is 1. The van der Waals surface area contributed by atoms with Gasteiger partial charge in [-0.05, 0) is 31.2 Å². The Morgan fingerprint density at radius 3 is 2.28 bits per heavy atom. The van der Waals surface area contributed by atoms with Crippen LogP contribution in [0.3, 0.4) is 0 Å². The molecule has 0 bridgehead atoms. The number of hydrogen-bond acceptors (Lipinski definition) is 4. The molecular formula is C23H34F3IN2O3. The topological polar surface area (TPSA) is 86.8 Å². The van der Waals surface area contributed by atoms with Gasteiger partial charge in [0.15, 0.2) is 3.42 Å². The van der Waals surface area contributed by atoms with Crippen molar-refractivity contribution >= 4 is 34.2 Å². The molecule has 0 saturated heterocycles. The van der Waals surface area contributed by atoms with Crippen molar-refractivity contribution in [2.75, 3.05) is 24.5 Å². The summed E-state index contributed by atoms with van der Waals surface area (Å²) < 4.78 is 37.0. The lowest BCUT2D eigenvalue weighted by atomic mass is 10.0. The quantitative estimate of drug-likeness (QED) is 0.136. The van der Waals surface area contributed by atoms with Crippen LogP contribution in [0, 0.1) is 0 Å². The molecule has 1 aromatic rings. The molecule has 1 atom stereocenters. The van der Waals surface area contributed by atoms with Gasteiger partial charge in [0, 0.05) is 13.1 Å². The monoisotopic (exact) mass is 570 g/mol. The van der Waals surface area contributed by atoms with E-state index in [9.17, 15) is 28.2 Å². The summed E-state index contributed by atoms with van der Waals surface area (Å²) in [5, 5.41) is 19.0. The van der Waals surface area contributed by atoms with Crippen molar-refractivity contribution in [3.05, 3.63) is 35.9 Å². The predicted molar refractivity (Wildman–Crippen MR) is 131 cm³/mol. The zero-order valence-electron chi connectivity index (χ0n) is 18.5. The highest BCUT2D eigenvalue weighted by atomic mass is 127. The van der Waals surface area contributed by atoms with E-state index >= 15 is 0 Å². The van der Waals surface area contributed by atoms with Crippen LogP contribution >= 0.6 is 22.6 Å². The van der Waals surface area contributed by atoms with Gasteiger partial charge < -0.3 is 20.8 Å². The van der Waals surface area contributed by atoms with E-state index in [1.54, 1.807) is 28.7 Å². The Morgan fingerprint density at radius 2 is 1.75 bits per heavy atom. The maximum atomic E-state index is 12.7. The van der Waals surface area contributed by atoms with Crippen LogP contribution in [0.5, 0.6) is 5.75 Å². The fraction of sp³-hybridized carbons (Fsp3) is 0.609. The molecule has 0 spiro atoms. The van der Waals surface area contributed by atoms with Gasteiger partial charge in [-0.2, -0.15) is 13.2 Å². The largest absolute Gasteiger partial charge is 0.506 e. The minimum atomic E-state index is -4.53. The standard InChI is InChI=1S/C13H11F3INO3.C10H23N/c14-13(15,16)8-2-3-10(19)9(6-8)18-5-1-4-12(17,7-18)11(20)21;1-2-3-4-5-6-7-8-9-10-11/h1-4,6,19H,5,7H2,(H,20,21);2-11H2,1H3. The van der Waals surface area contributed by atoms with Gasteiger partial charge in [-0.1, -0.05) is 86.6 Å². The first kappa shape index (κ1) is 28.5. The lowest BCUT2D eigenvalue weighted by Gasteiger charge is -2.34. The summed E-state index contributed by atoms with van der Waals surface area (Å²) in [5.74, 6) is -1.40. The summed E-state index contributed by atoms with van der Waals surface area (Å²) >= 11 is 1.73. The molecule has 1 aliphatic rings. The lowest BCUT2D eigenvalue weighted by molar-refractivity contribution is -0.138. The van der Waals surface area contributed by atoms with Crippen molar-refractivity contribution in [1.82, 2.24) is 0 Å². The average Bonchev–Trinajstić information content (AvgIpc) is 2.73. The van der Waals surface area contributed by atoms with E-state index in [0.717, 1.165) is 24.7 Å². The smallest absolute Gasteiger partial charge is 0.416 e. The molecule has 1 aliphatic heterocycles. The number of unbranched alkanes of at least 4 members (excludes halogenated alkanes) is 7. The summed E-state index contributed by atoms with van der Waals surface area (Å²) in [7, 11) is 0. The Hall–Kier alpha value is -1.49. The van der Waals surface area contributed by atoms with Crippen LogP contribution < -0.4 is 10.6 Å². The number of aliphatic carboxylic acids is 1. The number of alkyl halides is 4. The van der Waals surface area contributed by atoms with Gasteiger partial charge >= 0.3 is 12.1 Å². The molecule has 4 N–H and O–H groups in total. The maximum absolute atomic E-state index is 12.7. The van der Waals surface area contributed by atoms with Gasteiger partial charge in [0.05, 0.1) is 11.3 Å². The van der Waals surface area contributed by atoms with Crippen LogP contribution in [0.15, 0.2) is 30.4 Å². The molecule has 1 heterocycles. The Labute approximate surface area is 202 Å². The third-order valence-corrected chi connectivity index (χ3v) is 6.35. The van der Waals surface area contributed by atoms with Gasteiger partial charge in [0.25, 0.3) is 0 Å². The molecule has 2 rings (SSSR count). The van der Waals surface area contributed by atoms with Crippen LogP contribution in [0.1, 0.15) is 63.9 Å². The third kappa shape index (κ3) is 9.56. The van der Waals surface area contributed by atoms with E-state index < -0.39 is 21.1 Å². The van der Waals surface area contributed by atoms with E-state index in [2.05, 4.69) is 6.92 Å². The van der Waals surface area contributed by atoms with Crippen LogP contribution in [0.4, 0.5) is 18.9 Å². The minimum absolute atomic E-state index is 0.0310. The van der Waals surface area contributed by atoms with Crippen molar-refractivity contribution in [2.24, 2.45) is 5.73 Å². The summed E-state index contributed by atoms with van der Waals surface area (Å²) in [6.45, 7) is 3.32. The highest BCUT2D eigenvalue weighted by Gasteiger charge is 2.38. The number of rotatable bonds is 10. The molecule has 9 heteroatoms. The van der Waals surface area contributed by atoms with E-state index in [1.165, 1.54) is 62.3 Å². The molecule has 1 aromatic carbocycles. The van der Waals surface area contributed by atoms with Crippen molar-refractivity contribution < 1.29 is 28.2 Å². The summed E-state index contributed by atoms with van der Waals surface area (Å²) in [6, 6.07) is 2.58. The number of aromatic hydroxyl groups is 1. The molecule has 0 aliphatic carbocycles. The molecule has 0 aromatic heterocycles. The number of benzene rings is 1. The number of anilines is 1. The minimum Gasteiger partial charge on any atom is -0.506 e. The van der Waals surface area contributed by atoms with Crippen LogP contribution in [-0.2, 0) is 11.0 Å². The number of phenolic OH excluding ortho intramolecular Hbond substituents is 1. The molecular weight excluding hydrogens is 536 g/mol. The zero-order chi connectivity index (χ0) is 24.2. The average molecular weight is 570 g/mol. The molecule has 32 heavy (non-hydrogen) atoms. The van der Waals surface area contributed by atoms with Gasteiger partial charge in [0.2, 0.25) is 0 Å². The lowest BCUT2D eigenvalue weighted by Crippen LogP contribution is -2.46. The molecule has 0 amide bonds. The second-order valence-electron chi connectivity index (χ2n) is 7.92. The number of hydrogen-bond donors (Lipinski definition) is 3. The number of nitrogens with zero attached hydrogens (tertiary/aromatic N) is 1. The second kappa shape index (κ2) is 13.9. The van der Waals surface area contributed by atoms with Crippen LogP contribution in [-0.4, -0.2) is 39.2 Å². The molecule has 1 unspecified atom stereocenters. The summed E-state index contributed by atoms with van der Waals surface area (Å²) in [6.07, 6.45) is 9.51. The van der Waals surface area contributed by atoms with E-state index in [0.29, 0.717) is 0 Å². The second-order valence-corrected chi connectivity index (χ2v) is 9.84. The fourth-order valence-corrected chi connectivity index (χ4v) is 3.98. The first-order chi connectivity index (χ1) is 15.0. The summed E-state index contributed by atoms with van der Waals surface area (Å²) in [5.41, 5.74) is 4.47. The van der Waals surface area contributed by atoms with Crippen molar-refractivity contribution in [3.63, 3.8) is 0 Å². The highest BCUT2D eigenvalue weighted by Crippen LogP contribution is 2.38. The zero-order valence-corrected chi connectivity index (χ0v) is 20.7. The number of phenols is 1. The van der Waals surface area contributed by atoms with Crippen molar-refractivity contribution in [2.45, 2.75) is 67.9 Å². The molecule has 5 nitrogen and oxygen atoms in total. The fourth-order valence-electron chi connectivity index (χ4n) is 3.32. The molecule has 0 fully saturated rings. The van der Waals surface area contributed by atoms with E-state index in [-0.39, 0.29) is 24.5 Å². The van der Waals surface area contributed by atoms with Crippen molar-refractivity contribution in [3.8, 4) is 5.75 Å². The first-order valence-corrected chi connectivity index (χ1v) is 12.1. The maximum Gasteiger partial charge on any atom is 0.416 e. The summed E-state index contributed by atoms with van der Waals surface area (Å²) in [4.78, 5) is 12.6. The van der Waals surface area contributed by atoms with Gasteiger partial charge in [-0.25, -0.2) is 0 Å². The number of carbonyl (C=O) groups is 1.